The summed E-state index contributed by atoms with van der Waals surface area (Å²) in [6.07, 6.45) is 2.31. The van der Waals surface area contributed by atoms with Gasteiger partial charge >= 0.3 is 6.03 Å². The second-order valence-electron chi connectivity index (χ2n) is 9.88. The van der Waals surface area contributed by atoms with Gasteiger partial charge in [-0.05, 0) is 60.3 Å². The summed E-state index contributed by atoms with van der Waals surface area (Å²) in [5.41, 5.74) is 4.34. The monoisotopic (exact) mass is 465 g/mol. The average Bonchev–Trinajstić information content (AvgIpc) is 3.29. The van der Waals surface area contributed by atoms with Gasteiger partial charge in [0, 0.05) is 49.0 Å². The highest BCUT2D eigenvalue weighted by molar-refractivity contribution is 5.89. The van der Waals surface area contributed by atoms with E-state index in [4.69, 9.17) is 5.10 Å². The molecule has 7 rings (SSSR count). The number of rotatable bonds is 5. The molecule has 6 heteroatoms. The second-order valence-corrected chi connectivity index (χ2v) is 9.88. The van der Waals surface area contributed by atoms with Crippen LogP contribution in [0.1, 0.15) is 24.5 Å². The number of hydrogen-bond donors (Lipinski definition) is 2. The van der Waals surface area contributed by atoms with Crippen LogP contribution in [0.25, 0.3) is 22.0 Å². The van der Waals surface area contributed by atoms with Gasteiger partial charge in [-0.3, -0.25) is 9.58 Å². The molecule has 3 fully saturated rings. The van der Waals surface area contributed by atoms with E-state index in [-0.39, 0.29) is 6.03 Å². The molecule has 3 aliphatic heterocycles. The van der Waals surface area contributed by atoms with Crippen LogP contribution in [0.2, 0.25) is 0 Å². The second kappa shape index (κ2) is 9.19. The normalized spacial score (nSPS) is 23.3. The van der Waals surface area contributed by atoms with Crippen LogP contribution in [-0.2, 0) is 7.05 Å². The zero-order valence-electron chi connectivity index (χ0n) is 20.0. The first-order valence-corrected chi connectivity index (χ1v) is 12.5. The molecule has 3 aliphatic rings. The molecule has 2 bridgehead atoms. The summed E-state index contributed by atoms with van der Waals surface area (Å²) in [5.74, 6) is 1.09. The molecule has 35 heavy (non-hydrogen) atoms. The first-order chi connectivity index (χ1) is 17.1. The van der Waals surface area contributed by atoms with E-state index in [1.54, 1.807) is 0 Å². The number of amides is 2. The number of anilines is 1. The number of nitrogens with zero attached hydrogens (tertiary/aromatic N) is 3. The molecule has 3 aromatic carbocycles. The molecule has 6 nitrogen and oxygen atoms in total. The van der Waals surface area contributed by atoms with Gasteiger partial charge in [-0.15, -0.1) is 0 Å². The van der Waals surface area contributed by atoms with Crippen LogP contribution in [-0.4, -0.2) is 46.4 Å². The Balaban J connectivity index is 1.13. The molecule has 4 aromatic rings. The van der Waals surface area contributed by atoms with Crippen molar-refractivity contribution in [2.45, 2.75) is 24.8 Å². The Morgan fingerprint density at radius 2 is 1.80 bits per heavy atom. The van der Waals surface area contributed by atoms with Crippen LogP contribution in [0.15, 0.2) is 78.9 Å². The lowest BCUT2D eigenvalue weighted by Crippen LogP contribution is -2.56. The van der Waals surface area contributed by atoms with E-state index in [2.05, 4.69) is 75.8 Å². The molecule has 3 saturated heterocycles. The van der Waals surface area contributed by atoms with Gasteiger partial charge in [-0.1, -0.05) is 54.6 Å². The number of carbonyl (C=O) groups is 1. The first kappa shape index (κ1) is 21.9. The quantitative estimate of drug-likeness (QED) is 0.424. The predicted octanol–water partition coefficient (Wildman–Crippen LogP) is 5.24. The Kier molecular flexibility index (Phi) is 5.74. The minimum atomic E-state index is -0.137. The highest BCUT2D eigenvalue weighted by atomic mass is 16.2. The number of nitrogens with one attached hydrogen (secondary N) is 2. The van der Waals surface area contributed by atoms with Crippen molar-refractivity contribution >= 4 is 22.5 Å². The Morgan fingerprint density at radius 3 is 2.60 bits per heavy atom. The smallest absolute Gasteiger partial charge is 0.319 e. The van der Waals surface area contributed by atoms with Gasteiger partial charge in [-0.25, -0.2) is 4.79 Å². The molecule has 178 valence electrons. The van der Waals surface area contributed by atoms with E-state index in [1.165, 1.54) is 28.5 Å². The van der Waals surface area contributed by atoms with Crippen molar-refractivity contribution < 1.29 is 4.79 Å². The minimum absolute atomic E-state index is 0.137. The Labute approximate surface area is 205 Å². The molecule has 4 heterocycles. The SMILES string of the molecule is Cn1nc(-c2ccc3ccccc3c2)cc1[C@H]1CN2CC[C@H]1C[C@@H]2CNC(=O)Nc1ccccc1. The summed E-state index contributed by atoms with van der Waals surface area (Å²) in [5, 5.41) is 13.4. The van der Waals surface area contributed by atoms with Gasteiger partial charge in [0.1, 0.15) is 0 Å². The number of urea groups is 1. The maximum absolute atomic E-state index is 12.4. The van der Waals surface area contributed by atoms with E-state index in [0.29, 0.717) is 24.4 Å². The van der Waals surface area contributed by atoms with Crippen LogP contribution in [0.3, 0.4) is 0 Å². The number of aryl methyl sites for hydroxylation is 1. The maximum atomic E-state index is 12.4. The Hall–Kier alpha value is -3.64. The summed E-state index contributed by atoms with van der Waals surface area (Å²) in [6.45, 7) is 2.80. The predicted molar refractivity (Wildman–Crippen MR) is 140 cm³/mol. The maximum Gasteiger partial charge on any atom is 0.319 e. The van der Waals surface area contributed by atoms with Crippen LogP contribution >= 0.6 is 0 Å². The minimum Gasteiger partial charge on any atom is -0.336 e. The van der Waals surface area contributed by atoms with Crippen molar-refractivity contribution in [2.75, 3.05) is 25.0 Å². The third-order valence-electron chi connectivity index (χ3n) is 7.75. The topological polar surface area (TPSA) is 62.2 Å². The molecule has 0 aliphatic carbocycles. The summed E-state index contributed by atoms with van der Waals surface area (Å²) in [6, 6.07) is 27.2. The summed E-state index contributed by atoms with van der Waals surface area (Å²) >= 11 is 0. The van der Waals surface area contributed by atoms with E-state index < -0.39 is 0 Å². The fraction of sp³-hybridized carbons (Fsp3) is 0.310. The van der Waals surface area contributed by atoms with Crippen molar-refractivity contribution in [3.05, 3.63) is 84.6 Å². The largest absolute Gasteiger partial charge is 0.336 e. The molecular formula is C29H31N5O. The molecule has 4 atom stereocenters. The zero-order valence-corrected chi connectivity index (χ0v) is 20.0. The van der Waals surface area contributed by atoms with Gasteiger partial charge in [0.15, 0.2) is 0 Å². The van der Waals surface area contributed by atoms with Gasteiger partial charge in [0.2, 0.25) is 0 Å². The summed E-state index contributed by atoms with van der Waals surface area (Å²) in [4.78, 5) is 14.9. The third-order valence-corrected chi connectivity index (χ3v) is 7.75. The zero-order chi connectivity index (χ0) is 23.8. The molecule has 0 radical (unpaired) electrons. The Bertz CT molecular complexity index is 1350. The van der Waals surface area contributed by atoms with Crippen LogP contribution in [0.4, 0.5) is 10.5 Å². The lowest BCUT2D eigenvalue weighted by molar-refractivity contribution is 0.0296. The highest BCUT2D eigenvalue weighted by Gasteiger charge is 2.41. The molecule has 1 aromatic heterocycles. The lowest BCUT2D eigenvalue weighted by atomic mass is 9.74. The molecule has 2 N–H and O–H groups in total. The van der Waals surface area contributed by atoms with Crippen molar-refractivity contribution in [1.82, 2.24) is 20.0 Å². The van der Waals surface area contributed by atoms with Crippen LogP contribution < -0.4 is 10.6 Å². The number of piperidine rings is 3. The fourth-order valence-corrected chi connectivity index (χ4v) is 5.91. The molecule has 0 spiro atoms. The number of carbonyl (C=O) groups excluding carboxylic acids is 1. The van der Waals surface area contributed by atoms with E-state index in [9.17, 15) is 4.79 Å². The molecular weight excluding hydrogens is 434 g/mol. The fourth-order valence-electron chi connectivity index (χ4n) is 5.91. The summed E-state index contributed by atoms with van der Waals surface area (Å²) < 4.78 is 2.08. The standard InChI is InChI=1S/C29H31N5O/c1-33-28(17-27(32-33)23-12-11-20-7-5-6-8-21(20)15-23)26-19-34-14-13-22(26)16-25(34)18-30-29(35)31-24-9-3-2-4-10-24/h2-12,15,17,22,25-26H,13-14,16,18-19H2,1H3,(H2,30,31,35)/t22-,25+,26-/m0/s1. The van der Waals surface area contributed by atoms with Crippen molar-refractivity contribution in [2.24, 2.45) is 13.0 Å². The lowest BCUT2D eigenvalue weighted by Gasteiger charge is -2.49. The average molecular weight is 466 g/mol. The number of fused-ring (bicyclic) bond motifs is 4. The van der Waals surface area contributed by atoms with E-state index in [0.717, 1.165) is 30.9 Å². The van der Waals surface area contributed by atoms with Gasteiger partial charge in [0.05, 0.1) is 5.69 Å². The van der Waals surface area contributed by atoms with E-state index >= 15 is 0 Å². The van der Waals surface area contributed by atoms with Crippen LogP contribution in [0.5, 0.6) is 0 Å². The van der Waals surface area contributed by atoms with Gasteiger partial charge in [0.25, 0.3) is 0 Å². The summed E-state index contributed by atoms with van der Waals surface area (Å²) in [7, 11) is 2.07. The third kappa shape index (κ3) is 4.42. The van der Waals surface area contributed by atoms with Crippen LogP contribution in [0, 0.1) is 5.92 Å². The first-order valence-electron chi connectivity index (χ1n) is 12.5. The molecule has 0 saturated carbocycles. The van der Waals surface area contributed by atoms with E-state index in [1.807, 2.05) is 30.3 Å². The number of para-hydroxylation sites is 1. The molecule has 1 unspecified atom stereocenters. The van der Waals surface area contributed by atoms with Gasteiger partial charge < -0.3 is 10.6 Å². The van der Waals surface area contributed by atoms with Crippen molar-refractivity contribution in [3.63, 3.8) is 0 Å². The number of hydrogen-bond acceptors (Lipinski definition) is 3. The highest BCUT2D eigenvalue weighted by Crippen LogP contribution is 2.42. The molecule has 2 amide bonds. The van der Waals surface area contributed by atoms with Crippen molar-refractivity contribution in [3.8, 4) is 11.3 Å². The Morgan fingerprint density at radius 1 is 1.00 bits per heavy atom. The van der Waals surface area contributed by atoms with Gasteiger partial charge in [-0.2, -0.15) is 5.10 Å². The number of benzene rings is 3. The van der Waals surface area contributed by atoms with Crippen molar-refractivity contribution in [1.29, 1.82) is 0 Å². The number of aromatic nitrogens is 2.